The topological polar surface area (TPSA) is 43.4 Å². The Balaban J connectivity index is 1.75. The van der Waals surface area contributed by atoms with Crippen LogP contribution in [0.3, 0.4) is 0 Å². The van der Waals surface area contributed by atoms with Gasteiger partial charge < -0.3 is 14.8 Å². The highest BCUT2D eigenvalue weighted by Gasteiger charge is 2.16. The van der Waals surface area contributed by atoms with Crippen molar-refractivity contribution in [3.05, 3.63) is 45.7 Å². The predicted molar refractivity (Wildman–Crippen MR) is 76.8 cm³/mol. The van der Waals surface area contributed by atoms with Gasteiger partial charge in [0.1, 0.15) is 5.15 Å². The summed E-state index contributed by atoms with van der Waals surface area (Å²) in [5, 5.41) is 3.75. The molecule has 4 nitrogen and oxygen atoms in total. The van der Waals surface area contributed by atoms with E-state index >= 15 is 0 Å². The first-order valence-corrected chi connectivity index (χ1v) is 6.83. The molecule has 1 aliphatic heterocycles. The van der Waals surface area contributed by atoms with E-state index < -0.39 is 0 Å². The Morgan fingerprint density at radius 1 is 1.26 bits per heavy atom. The van der Waals surface area contributed by atoms with Crippen LogP contribution < -0.4 is 14.8 Å². The van der Waals surface area contributed by atoms with Gasteiger partial charge in [0.05, 0.1) is 11.9 Å². The largest absolute Gasteiger partial charge is 0.454 e. The molecule has 3 rings (SSSR count). The summed E-state index contributed by atoms with van der Waals surface area (Å²) >= 11 is 9.26. The maximum absolute atomic E-state index is 5.74. The smallest absolute Gasteiger partial charge is 0.231 e. The number of ether oxygens (including phenoxy) is 2. The molecule has 2 heterocycles. The zero-order valence-corrected chi connectivity index (χ0v) is 12.2. The summed E-state index contributed by atoms with van der Waals surface area (Å²) in [7, 11) is 0. The quantitative estimate of drug-likeness (QED) is 0.862. The first kappa shape index (κ1) is 12.6. The van der Waals surface area contributed by atoms with E-state index in [1.807, 2.05) is 18.2 Å². The lowest BCUT2D eigenvalue weighted by Crippen LogP contribution is -2.00. The molecule has 0 radical (unpaired) electrons. The van der Waals surface area contributed by atoms with Crippen molar-refractivity contribution < 1.29 is 9.47 Å². The maximum atomic E-state index is 5.74. The van der Waals surface area contributed by atoms with E-state index in [0.717, 1.165) is 27.2 Å². The SMILES string of the molecule is Clc1ccc(NCc2cc3c(cc2Br)OCO3)cn1. The number of benzene rings is 1. The van der Waals surface area contributed by atoms with Gasteiger partial charge in [0.2, 0.25) is 6.79 Å². The summed E-state index contributed by atoms with van der Waals surface area (Å²) in [5.41, 5.74) is 1.99. The van der Waals surface area contributed by atoms with Crippen molar-refractivity contribution in [2.24, 2.45) is 0 Å². The van der Waals surface area contributed by atoms with Crippen LogP contribution in [0.25, 0.3) is 0 Å². The summed E-state index contributed by atoms with van der Waals surface area (Å²) in [6.07, 6.45) is 1.70. The van der Waals surface area contributed by atoms with E-state index in [-0.39, 0.29) is 6.79 Å². The van der Waals surface area contributed by atoms with Gasteiger partial charge in [-0.25, -0.2) is 4.98 Å². The molecule has 19 heavy (non-hydrogen) atoms. The Morgan fingerprint density at radius 3 is 2.79 bits per heavy atom. The second-order valence-corrected chi connectivity index (χ2v) is 5.26. The number of hydrogen-bond donors (Lipinski definition) is 1. The Hall–Kier alpha value is -1.46. The van der Waals surface area contributed by atoms with Crippen LogP contribution in [0.15, 0.2) is 34.9 Å². The predicted octanol–water partition coefficient (Wildman–Crippen LogP) is 3.84. The average molecular weight is 342 g/mol. The zero-order valence-electron chi connectivity index (χ0n) is 9.82. The second-order valence-electron chi connectivity index (χ2n) is 4.02. The van der Waals surface area contributed by atoms with E-state index in [1.165, 1.54) is 0 Å². The number of hydrogen-bond acceptors (Lipinski definition) is 4. The Kier molecular flexibility index (Phi) is 3.48. The highest BCUT2D eigenvalue weighted by Crippen LogP contribution is 2.37. The Bertz CT molecular complexity index is 604. The molecule has 0 fully saturated rings. The molecule has 0 atom stereocenters. The minimum atomic E-state index is 0.278. The normalized spacial score (nSPS) is 12.5. The molecule has 0 bridgehead atoms. The van der Waals surface area contributed by atoms with Crippen LogP contribution in [0, 0.1) is 0 Å². The Labute approximate surface area is 123 Å². The molecule has 98 valence electrons. The van der Waals surface area contributed by atoms with Crippen LogP contribution >= 0.6 is 27.5 Å². The molecule has 0 saturated heterocycles. The van der Waals surface area contributed by atoms with Gasteiger partial charge >= 0.3 is 0 Å². The second kappa shape index (κ2) is 5.27. The maximum Gasteiger partial charge on any atom is 0.231 e. The summed E-state index contributed by atoms with van der Waals surface area (Å²) in [6, 6.07) is 7.51. The van der Waals surface area contributed by atoms with Gasteiger partial charge in [-0.15, -0.1) is 0 Å². The van der Waals surface area contributed by atoms with E-state index in [2.05, 4.69) is 26.2 Å². The number of nitrogens with zero attached hydrogens (tertiary/aromatic N) is 1. The van der Waals surface area contributed by atoms with Crippen molar-refractivity contribution in [3.8, 4) is 11.5 Å². The Morgan fingerprint density at radius 2 is 2.05 bits per heavy atom. The van der Waals surface area contributed by atoms with Crippen molar-refractivity contribution in [3.63, 3.8) is 0 Å². The van der Waals surface area contributed by atoms with Gasteiger partial charge in [0.25, 0.3) is 0 Å². The third-order valence-electron chi connectivity index (χ3n) is 2.75. The third kappa shape index (κ3) is 2.77. The fourth-order valence-electron chi connectivity index (χ4n) is 1.77. The molecular formula is C13H10BrClN2O2. The van der Waals surface area contributed by atoms with Gasteiger partial charge in [-0.05, 0) is 29.8 Å². The molecule has 1 N–H and O–H groups in total. The van der Waals surface area contributed by atoms with Crippen molar-refractivity contribution in [1.29, 1.82) is 0 Å². The summed E-state index contributed by atoms with van der Waals surface area (Å²) in [6.45, 7) is 0.931. The highest BCUT2D eigenvalue weighted by molar-refractivity contribution is 9.10. The zero-order chi connectivity index (χ0) is 13.2. The first-order chi connectivity index (χ1) is 9.22. The monoisotopic (exact) mass is 340 g/mol. The molecule has 0 aliphatic carbocycles. The molecule has 2 aromatic rings. The lowest BCUT2D eigenvalue weighted by atomic mass is 10.2. The number of fused-ring (bicyclic) bond motifs is 1. The van der Waals surface area contributed by atoms with Crippen LogP contribution in [-0.4, -0.2) is 11.8 Å². The van der Waals surface area contributed by atoms with E-state index in [9.17, 15) is 0 Å². The lowest BCUT2D eigenvalue weighted by Gasteiger charge is -2.09. The summed E-state index contributed by atoms with van der Waals surface area (Å²) in [4.78, 5) is 4.02. The minimum Gasteiger partial charge on any atom is -0.454 e. The van der Waals surface area contributed by atoms with Crippen LogP contribution in [0.2, 0.25) is 5.15 Å². The molecule has 0 saturated carbocycles. The van der Waals surface area contributed by atoms with Crippen molar-refractivity contribution in [2.45, 2.75) is 6.54 Å². The number of halogens is 2. The molecule has 0 spiro atoms. The van der Waals surface area contributed by atoms with Gasteiger partial charge in [-0.1, -0.05) is 27.5 Å². The minimum absolute atomic E-state index is 0.278. The van der Waals surface area contributed by atoms with Crippen LogP contribution in [0.5, 0.6) is 11.5 Å². The fourth-order valence-corrected chi connectivity index (χ4v) is 2.35. The van der Waals surface area contributed by atoms with E-state index in [0.29, 0.717) is 11.7 Å². The van der Waals surface area contributed by atoms with Crippen molar-refractivity contribution in [2.75, 3.05) is 12.1 Å². The molecule has 0 unspecified atom stereocenters. The van der Waals surface area contributed by atoms with Crippen molar-refractivity contribution in [1.82, 2.24) is 4.98 Å². The molecule has 1 aliphatic rings. The van der Waals surface area contributed by atoms with E-state index in [1.54, 1.807) is 12.3 Å². The van der Waals surface area contributed by atoms with Crippen LogP contribution in [-0.2, 0) is 6.54 Å². The highest BCUT2D eigenvalue weighted by atomic mass is 79.9. The number of pyridine rings is 1. The van der Waals surface area contributed by atoms with Crippen LogP contribution in [0.1, 0.15) is 5.56 Å². The molecular weight excluding hydrogens is 332 g/mol. The molecule has 6 heteroatoms. The molecule has 1 aromatic heterocycles. The standard InChI is InChI=1S/C13H10BrClN2O2/c14-10-4-12-11(18-7-19-12)3-8(10)5-16-9-1-2-13(15)17-6-9/h1-4,6,16H,5,7H2. The number of nitrogens with one attached hydrogen (secondary N) is 1. The summed E-state index contributed by atoms with van der Waals surface area (Å²) < 4.78 is 11.7. The molecule has 0 amide bonds. The fraction of sp³-hybridized carbons (Fsp3) is 0.154. The van der Waals surface area contributed by atoms with Gasteiger partial charge in [0.15, 0.2) is 11.5 Å². The first-order valence-electron chi connectivity index (χ1n) is 5.66. The molecule has 1 aromatic carbocycles. The lowest BCUT2D eigenvalue weighted by molar-refractivity contribution is 0.174. The van der Waals surface area contributed by atoms with Gasteiger partial charge in [-0.2, -0.15) is 0 Å². The number of aromatic nitrogens is 1. The number of rotatable bonds is 3. The summed E-state index contributed by atoms with van der Waals surface area (Å²) in [5.74, 6) is 1.54. The third-order valence-corrected chi connectivity index (χ3v) is 3.71. The van der Waals surface area contributed by atoms with Crippen molar-refractivity contribution >= 4 is 33.2 Å². The van der Waals surface area contributed by atoms with Crippen LogP contribution in [0.4, 0.5) is 5.69 Å². The van der Waals surface area contributed by atoms with Gasteiger partial charge in [0, 0.05) is 11.0 Å². The average Bonchev–Trinajstić information content (AvgIpc) is 2.85. The van der Waals surface area contributed by atoms with E-state index in [4.69, 9.17) is 21.1 Å². The number of anilines is 1. The van der Waals surface area contributed by atoms with Gasteiger partial charge in [-0.3, -0.25) is 0 Å².